The third-order valence-corrected chi connectivity index (χ3v) is 3.42. The number of aromatic hydroxyl groups is 1. The molecule has 1 N–H and O–H groups in total. The van der Waals surface area contributed by atoms with E-state index in [1.807, 2.05) is 13.0 Å². The predicted molar refractivity (Wildman–Crippen MR) is 77.4 cm³/mol. The van der Waals surface area contributed by atoms with Crippen molar-refractivity contribution in [2.75, 3.05) is 18.9 Å². The van der Waals surface area contributed by atoms with Gasteiger partial charge in [-0.15, -0.1) is 0 Å². The number of alkyl halides is 1. The summed E-state index contributed by atoms with van der Waals surface area (Å²) in [5.41, 5.74) is 1.33. The molecule has 0 unspecified atom stereocenters. The van der Waals surface area contributed by atoms with E-state index in [1.165, 1.54) is 0 Å². The lowest BCUT2D eigenvalue weighted by Gasteiger charge is -2.17. The Labute approximate surface area is 117 Å². The summed E-state index contributed by atoms with van der Waals surface area (Å²) in [6.45, 7) is 2.61. The highest BCUT2D eigenvalue weighted by Crippen LogP contribution is 2.20. The van der Waals surface area contributed by atoms with E-state index in [0.717, 1.165) is 36.7 Å². The Bertz CT molecular complexity index is 407. The summed E-state index contributed by atoms with van der Waals surface area (Å²) in [4.78, 5) is 13.8. The van der Waals surface area contributed by atoms with Crippen molar-refractivity contribution in [2.24, 2.45) is 0 Å². The molecule has 4 heteroatoms. The highest BCUT2D eigenvalue weighted by molar-refractivity contribution is 9.09. The summed E-state index contributed by atoms with van der Waals surface area (Å²) >= 11 is 3.38. The molecule has 1 aromatic carbocycles. The topological polar surface area (TPSA) is 40.5 Å². The Morgan fingerprint density at radius 3 is 2.67 bits per heavy atom. The van der Waals surface area contributed by atoms with Crippen molar-refractivity contribution in [1.29, 1.82) is 0 Å². The SMILES string of the molecule is Cc1ccc(C(=O)N(C)CCCCCBr)c(O)c1. The second kappa shape index (κ2) is 7.41. The van der Waals surface area contributed by atoms with Gasteiger partial charge in [-0.3, -0.25) is 4.79 Å². The molecule has 1 amide bonds. The molecule has 0 aliphatic rings. The molecule has 0 aromatic heterocycles. The average Bonchev–Trinajstić information content (AvgIpc) is 2.33. The Balaban J connectivity index is 2.57. The van der Waals surface area contributed by atoms with Gasteiger partial charge in [-0.05, 0) is 37.5 Å². The zero-order valence-electron chi connectivity index (χ0n) is 10.9. The van der Waals surface area contributed by atoms with E-state index in [2.05, 4.69) is 15.9 Å². The fourth-order valence-electron chi connectivity index (χ4n) is 1.75. The maximum absolute atomic E-state index is 12.1. The van der Waals surface area contributed by atoms with Crippen LogP contribution in [-0.4, -0.2) is 34.8 Å². The Morgan fingerprint density at radius 2 is 2.06 bits per heavy atom. The van der Waals surface area contributed by atoms with Crippen LogP contribution in [0.5, 0.6) is 5.75 Å². The molecule has 1 rings (SSSR count). The standard InChI is InChI=1S/C14H20BrNO2/c1-11-6-7-12(13(17)10-11)14(18)16(2)9-5-3-4-8-15/h6-7,10,17H,3-5,8-9H2,1-2H3. The number of hydrogen-bond donors (Lipinski definition) is 1. The van der Waals surface area contributed by atoms with Gasteiger partial charge in [0.05, 0.1) is 5.56 Å². The van der Waals surface area contributed by atoms with Crippen LogP contribution in [0.2, 0.25) is 0 Å². The number of carbonyl (C=O) groups excluding carboxylic acids is 1. The van der Waals surface area contributed by atoms with Crippen molar-refractivity contribution in [1.82, 2.24) is 4.90 Å². The molecule has 0 fully saturated rings. The van der Waals surface area contributed by atoms with Crippen LogP contribution in [-0.2, 0) is 0 Å². The summed E-state index contributed by atoms with van der Waals surface area (Å²) in [5.74, 6) is -0.0568. The number of amides is 1. The molecule has 0 saturated carbocycles. The van der Waals surface area contributed by atoms with Crippen LogP contribution in [0.25, 0.3) is 0 Å². The van der Waals surface area contributed by atoms with Gasteiger partial charge in [0.25, 0.3) is 5.91 Å². The zero-order chi connectivity index (χ0) is 13.5. The van der Waals surface area contributed by atoms with Crippen molar-refractivity contribution >= 4 is 21.8 Å². The smallest absolute Gasteiger partial charge is 0.257 e. The van der Waals surface area contributed by atoms with E-state index in [9.17, 15) is 9.90 Å². The summed E-state index contributed by atoms with van der Waals surface area (Å²) in [7, 11) is 1.77. The minimum atomic E-state index is -0.119. The van der Waals surface area contributed by atoms with Crippen LogP contribution in [0.15, 0.2) is 18.2 Å². The van der Waals surface area contributed by atoms with Crippen LogP contribution >= 0.6 is 15.9 Å². The van der Waals surface area contributed by atoms with Gasteiger partial charge in [0, 0.05) is 18.9 Å². The first kappa shape index (κ1) is 15.0. The van der Waals surface area contributed by atoms with Crippen molar-refractivity contribution in [3.8, 4) is 5.75 Å². The van der Waals surface area contributed by atoms with Gasteiger partial charge < -0.3 is 10.0 Å². The normalized spacial score (nSPS) is 10.4. The fraction of sp³-hybridized carbons (Fsp3) is 0.500. The third kappa shape index (κ3) is 4.33. The molecule has 0 atom stereocenters. The minimum Gasteiger partial charge on any atom is -0.507 e. The molecule has 0 radical (unpaired) electrons. The minimum absolute atomic E-state index is 0.0623. The molecule has 0 spiro atoms. The molecule has 0 saturated heterocycles. The number of halogens is 1. The summed E-state index contributed by atoms with van der Waals surface area (Å²) in [6, 6.07) is 5.14. The maximum atomic E-state index is 12.1. The van der Waals surface area contributed by atoms with E-state index in [1.54, 1.807) is 24.1 Å². The lowest BCUT2D eigenvalue weighted by Crippen LogP contribution is -2.27. The van der Waals surface area contributed by atoms with E-state index in [4.69, 9.17) is 0 Å². The summed E-state index contributed by atoms with van der Waals surface area (Å²) in [6.07, 6.45) is 3.21. The summed E-state index contributed by atoms with van der Waals surface area (Å²) < 4.78 is 0. The van der Waals surface area contributed by atoms with E-state index in [-0.39, 0.29) is 11.7 Å². The monoisotopic (exact) mass is 313 g/mol. The molecular weight excluding hydrogens is 294 g/mol. The first-order valence-electron chi connectivity index (χ1n) is 6.17. The first-order chi connectivity index (χ1) is 8.56. The first-order valence-corrected chi connectivity index (χ1v) is 7.29. The summed E-state index contributed by atoms with van der Waals surface area (Å²) in [5, 5.41) is 10.8. The number of nitrogens with zero attached hydrogens (tertiary/aromatic N) is 1. The molecule has 1 aromatic rings. The van der Waals surface area contributed by atoms with Crippen LogP contribution in [0.4, 0.5) is 0 Å². The van der Waals surface area contributed by atoms with Gasteiger partial charge in [-0.2, -0.15) is 0 Å². The lowest BCUT2D eigenvalue weighted by atomic mass is 10.1. The van der Waals surface area contributed by atoms with Crippen LogP contribution in [0, 0.1) is 6.92 Å². The van der Waals surface area contributed by atoms with Crippen LogP contribution < -0.4 is 0 Å². The van der Waals surface area contributed by atoms with Gasteiger partial charge >= 0.3 is 0 Å². The third-order valence-electron chi connectivity index (χ3n) is 2.86. The molecule has 0 heterocycles. The molecule has 3 nitrogen and oxygen atoms in total. The van der Waals surface area contributed by atoms with Crippen LogP contribution in [0.3, 0.4) is 0 Å². The number of phenolic OH excluding ortho intramolecular Hbond substituents is 1. The van der Waals surface area contributed by atoms with E-state index in [0.29, 0.717) is 5.56 Å². The largest absolute Gasteiger partial charge is 0.507 e. The molecule has 0 bridgehead atoms. The molecule has 18 heavy (non-hydrogen) atoms. The quantitative estimate of drug-likeness (QED) is 0.646. The molecule has 100 valence electrons. The highest BCUT2D eigenvalue weighted by atomic mass is 79.9. The number of phenols is 1. The van der Waals surface area contributed by atoms with E-state index >= 15 is 0 Å². The number of carbonyl (C=O) groups is 1. The second-order valence-electron chi connectivity index (χ2n) is 4.50. The molecule has 0 aliphatic heterocycles. The number of aryl methyl sites for hydroxylation is 1. The Kier molecular flexibility index (Phi) is 6.19. The zero-order valence-corrected chi connectivity index (χ0v) is 12.5. The van der Waals surface area contributed by atoms with Crippen molar-refractivity contribution < 1.29 is 9.90 Å². The second-order valence-corrected chi connectivity index (χ2v) is 5.29. The number of benzene rings is 1. The highest BCUT2D eigenvalue weighted by Gasteiger charge is 2.15. The predicted octanol–water partition coefficient (Wildman–Crippen LogP) is 3.34. The Morgan fingerprint density at radius 1 is 1.33 bits per heavy atom. The van der Waals surface area contributed by atoms with Crippen molar-refractivity contribution in [2.45, 2.75) is 26.2 Å². The lowest BCUT2D eigenvalue weighted by molar-refractivity contribution is 0.0789. The maximum Gasteiger partial charge on any atom is 0.257 e. The number of unbranched alkanes of at least 4 members (excludes halogenated alkanes) is 2. The van der Waals surface area contributed by atoms with Gasteiger partial charge in [-0.25, -0.2) is 0 Å². The molecule has 0 aliphatic carbocycles. The fourth-order valence-corrected chi connectivity index (χ4v) is 2.15. The Hall–Kier alpha value is -1.03. The number of rotatable bonds is 6. The van der Waals surface area contributed by atoms with Gasteiger partial charge in [-0.1, -0.05) is 28.4 Å². The van der Waals surface area contributed by atoms with Gasteiger partial charge in [0.15, 0.2) is 0 Å². The average molecular weight is 314 g/mol. The number of hydrogen-bond acceptors (Lipinski definition) is 2. The van der Waals surface area contributed by atoms with Gasteiger partial charge in [0.1, 0.15) is 5.75 Å². The van der Waals surface area contributed by atoms with Crippen molar-refractivity contribution in [3.05, 3.63) is 29.3 Å². The van der Waals surface area contributed by atoms with Crippen LogP contribution in [0.1, 0.15) is 35.2 Å². The molecular formula is C14H20BrNO2. The van der Waals surface area contributed by atoms with Gasteiger partial charge in [0.2, 0.25) is 0 Å². The van der Waals surface area contributed by atoms with Crippen molar-refractivity contribution in [3.63, 3.8) is 0 Å². The van der Waals surface area contributed by atoms with E-state index < -0.39 is 0 Å².